The summed E-state index contributed by atoms with van der Waals surface area (Å²) in [7, 11) is 0. The van der Waals surface area contributed by atoms with Crippen LogP contribution in [0, 0.1) is 0 Å². The lowest BCUT2D eigenvalue weighted by Gasteiger charge is -2.20. The van der Waals surface area contributed by atoms with Gasteiger partial charge in [0.2, 0.25) is 5.91 Å². The molecule has 0 radical (unpaired) electrons. The van der Waals surface area contributed by atoms with Crippen molar-refractivity contribution in [3.05, 3.63) is 75.3 Å². The van der Waals surface area contributed by atoms with Crippen molar-refractivity contribution in [2.24, 2.45) is 0 Å². The largest absolute Gasteiger partial charge is 0.494 e. The smallest absolute Gasteiger partial charge is 0.258 e. The van der Waals surface area contributed by atoms with Crippen LogP contribution in [-0.2, 0) is 11.3 Å². The van der Waals surface area contributed by atoms with E-state index >= 15 is 0 Å². The molecule has 0 atom stereocenters. The summed E-state index contributed by atoms with van der Waals surface area (Å²) in [6, 6.07) is 12.5. The summed E-state index contributed by atoms with van der Waals surface area (Å²) in [6.07, 6.45) is 4.07. The maximum absolute atomic E-state index is 12.8. The molecule has 0 aliphatic heterocycles. The molecule has 0 saturated heterocycles. The highest BCUT2D eigenvalue weighted by atomic mass is 35.5. The number of H-pyrrole nitrogens is 1. The summed E-state index contributed by atoms with van der Waals surface area (Å²) in [4.78, 5) is 34.0. The van der Waals surface area contributed by atoms with Crippen LogP contribution in [0.15, 0.2) is 53.3 Å². The van der Waals surface area contributed by atoms with E-state index in [-0.39, 0.29) is 18.0 Å². The third kappa shape index (κ3) is 5.48. The molecule has 156 valence electrons. The molecular weight excluding hydrogens is 402 g/mol. The Hall–Kier alpha value is -3.12. The fourth-order valence-corrected chi connectivity index (χ4v) is 3.23. The van der Waals surface area contributed by atoms with Crippen LogP contribution in [0.1, 0.15) is 31.7 Å². The Morgan fingerprint density at radius 1 is 1.20 bits per heavy atom. The van der Waals surface area contributed by atoms with Gasteiger partial charge in [-0.2, -0.15) is 0 Å². The second-order valence-corrected chi connectivity index (χ2v) is 7.21. The molecular formula is C23H24ClN3O3. The molecule has 3 aromatic rings. The molecule has 0 bridgehead atoms. The van der Waals surface area contributed by atoms with Crippen LogP contribution in [0.25, 0.3) is 17.0 Å². The van der Waals surface area contributed by atoms with E-state index < -0.39 is 0 Å². The molecule has 1 aromatic heterocycles. The fourth-order valence-electron chi connectivity index (χ4n) is 3.07. The molecule has 0 saturated carbocycles. The number of nitrogens with zero attached hydrogens (tertiary/aromatic N) is 2. The van der Waals surface area contributed by atoms with Crippen LogP contribution < -0.4 is 10.3 Å². The molecule has 1 N–H and O–H groups in total. The van der Waals surface area contributed by atoms with Crippen LogP contribution in [-0.4, -0.2) is 33.9 Å². The summed E-state index contributed by atoms with van der Waals surface area (Å²) < 4.78 is 5.43. The van der Waals surface area contributed by atoms with Gasteiger partial charge in [0, 0.05) is 17.6 Å². The van der Waals surface area contributed by atoms with E-state index in [0.717, 1.165) is 17.7 Å². The van der Waals surface area contributed by atoms with Gasteiger partial charge < -0.3 is 14.6 Å². The second kappa shape index (κ2) is 10.1. The third-order valence-electron chi connectivity index (χ3n) is 4.47. The Balaban J connectivity index is 1.77. The number of nitrogens with one attached hydrogen (secondary N) is 1. The number of hydrogen-bond donors (Lipinski definition) is 1. The SMILES string of the molecule is CCCN(Cc1nc2cc(Cl)ccc2c(=O)[nH]1)C(=O)/C=C/c1ccc(OCC)cc1. The second-order valence-electron chi connectivity index (χ2n) is 6.77. The topological polar surface area (TPSA) is 75.3 Å². The first kappa shape index (κ1) is 21.6. The van der Waals surface area contributed by atoms with Crippen LogP contribution >= 0.6 is 11.6 Å². The van der Waals surface area contributed by atoms with Gasteiger partial charge in [-0.25, -0.2) is 4.98 Å². The van der Waals surface area contributed by atoms with E-state index in [1.54, 1.807) is 29.2 Å². The van der Waals surface area contributed by atoms with Gasteiger partial charge in [0.15, 0.2) is 0 Å². The first-order chi connectivity index (χ1) is 14.5. The number of carbonyl (C=O) groups excluding carboxylic acids is 1. The van der Waals surface area contributed by atoms with Crippen LogP contribution in [0.5, 0.6) is 5.75 Å². The predicted molar refractivity (Wildman–Crippen MR) is 120 cm³/mol. The highest BCUT2D eigenvalue weighted by Crippen LogP contribution is 2.16. The highest BCUT2D eigenvalue weighted by molar-refractivity contribution is 6.31. The van der Waals surface area contributed by atoms with Gasteiger partial charge in [0.25, 0.3) is 5.56 Å². The van der Waals surface area contributed by atoms with Crippen molar-refractivity contribution in [3.8, 4) is 5.75 Å². The minimum atomic E-state index is -0.250. The standard InChI is InChI=1S/C23H24ClN3O3/c1-3-13-27(22(28)12-7-16-5-9-18(10-6-16)30-4-2)15-21-25-20-14-17(24)8-11-19(20)23(29)26-21/h5-12,14H,3-4,13,15H2,1-2H3,(H,25,26,29)/b12-7+. The zero-order valence-electron chi connectivity index (χ0n) is 17.0. The average molecular weight is 426 g/mol. The van der Waals surface area contributed by atoms with Gasteiger partial charge in [0.05, 0.1) is 24.1 Å². The quantitative estimate of drug-likeness (QED) is 0.542. The van der Waals surface area contributed by atoms with Gasteiger partial charge in [-0.1, -0.05) is 30.7 Å². The third-order valence-corrected chi connectivity index (χ3v) is 4.71. The van der Waals surface area contributed by atoms with E-state index in [9.17, 15) is 9.59 Å². The lowest BCUT2D eigenvalue weighted by atomic mass is 10.2. The van der Waals surface area contributed by atoms with Gasteiger partial charge >= 0.3 is 0 Å². The predicted octanol–water partition coefficient (Wildman–Crippen LogP) is 4.43. The van der Waals surface area contributed by atoms with Gasteiger partial charge in [0.1, 0.15) is 11.6 Å². The Morgan fingerprint density at radius 2 is 1.97 bits per heavy atom. The highest BCUT2D eigenvalue weighted by Gasteiger charge is 2.13. The van der Waals surface area contributed by atoms with E-state index in [0.29, 0.717) is 34.9 Å². The van der Waals surface area contributed by atoms with E-state index in [1.165, 1.54) is 6.08 Å². The van der Waals surface area contributed by atoms with Crippen molar-refractivity contribution >= 4 is 34.5 Å². The lowest BCUT2D eigenvalue weighted by Crippen LogP contribution is -2.31. The van der Waals surface area contributed by atoms with Crippen LogP contribution in [0.4, 0.5) is 0 Å². The molecule has 0 spiro atoms. The summed E-state index contributed by atoms with van der Waals surface area (Å²) in [5.74, 6) is 1.06. The molecule has 0 aliphatic carbocycles. The number of halogens is 1. The molecule has 0 aliphatic rings. The van der Waals surface area contributed by atoms with Crippen molar-refractivity contribution in [1.82, 2.24) is 14.9 Å². The minimum Gasteiger partial charge on any atom is -0.494 e. The maximum Gasteiger partial charge on any atom is 0.258 e. The molecule has 2 aromatic carbocycles. The summed E-state index contributed by atoms with van der Waals surface area (Å²) in [5, 5.41) is 0.971. The molecule has 0 fully saturated rings. The number of ether oxygens (including phenoxy) is 1. The molecule has 3 rings (SSSR count). The summed E-state index contributed by atoms with van der Waals surface area (Å²) >= 11 is 6.02. The summed E-state index contributed by atoms with van der Waals surface area (Å²) in [6.45, 7) is 5.28. The minimum absolute atomic E-state index is 0.153. The number of carbonyl (C=O) groups is 1. The average Bonchev–Trinajstić information content (AvgIpc) is 2.72. The van der Waals surface area contributed by atoms with Crippen molar-refractivity contribution in [1.29, 1.82) is 0 Å². The number of benzene rings is 2. The molecule has 30 heavy (non-hydrogen) atoms. The zero-order valence-corrected chi connectivity index (χ0v) is 17.8. The Kier molecular flexibility index (Phi) is 7.25. The van der Waals surface area contributed by atoms with Gasteiger partial charge in [-0.05, 0) is 55.3 Å². The normalized spacial score (nSPS) is 11.2. The molecule has 6 nitrogen and oxygen atoms in total. The van der Waals surface area contributed by atoms with E-state index in [2.05, 4.69) is 9.97 Å². The van der Waals surface area contributed by atoms with Crippen molar-refractivity contribution in [2.45, 2.75) is 26.8 Å². The Morgan fingerprint density at radius 3 is 2.67 bits per heavy atom. The Labute approximate surface area is 180 Å². The zero-order chi connectivity index (χ0) is 21.5. The first-order valence-corrected chi connectivity index (χ1v) is 10.3. The van der Waals surface area contributed by atoms with Gasteiger partial charge in [-0.15, -0.1) is 0 Å². The monoisotopic (exact) mass is 425 g/mol. The Bertz CT molecular complexity index is 1110. The van der Waals surface area contributed by atoms with Crippen molar-refractivity contribution in [2.75, 3.05) is 13.2 Å². The van der Waals surface area contributed by atoms with Crippen molar-refractivity contribution < 1.29 is 9.53 Å². The number of amides is 1. The fraction of sp³-hybridized carbons (Fsp3) is 0.261. The first-order valence-electron chi connectivity index (χ1n) is 9.88. The lowest BCUT2D eigenvalue weighted by molar-refractivity contribution is -0.126. The summed E-state index contributed by atoms with van der Waals surface area (Å²) in [5.41, 5.74) is 1.16. The van der Waals surface area contributed by atoms with Gasteiger partial charge in [-0.3, -0.25) is 9.59 Å². The number of aromatic nitrogens is 2. The molecule has 0 unspecified atom stereocenters. The number of hydrogen-bond acceptors (Lipinski definition) is 4. The molecule has 7 heteroatoms. The molecule has 1 amide bonds. The van der Waals surface area contributed by atoms with Crippen LogP contribution in [0.2, 0.25) is 5.02 Å². The number of fused-ring (bicyclic) bond motifs is 1. The molecule has 1 heterocycles. The van der Waals surface area contributed by atoms with E-state index in [1.807, 2.05) is 38.1 Å². The van der Waals surface area contributed by atoms with Crippen LogP contribution in [0.3, 0.4) is 0 Å². The van der Waals surface area contributed by atoms with E-state index in [4.69, 9.17) is 16.3 Å². The van der Waals surface area contributed by atoms with Crippen molar-refractivity contribution in [3.63, 3.8) is 0 Å². The maximum atomic E-state index is 12.8. The number of rotatable bonds is 8. The number of aromatic amines is 1.